The average molecular weight is 176 g/mol. The van der Waals surface area contributed by atoms with E-state index in [1.165, 1.54) is 5.56 Å². The van der Waals surface area contributed by atoms with Gasteiger partial charge in [-0.25, -0.2) is 4.79 Å². The first kappa shape index (κ1) is 8.30. The number of hydrogen-bond acceptors (Lipinski definition) is 2. The van der Waals surface area contributed by atoms with E-state index in [4.69, 9.17) is 4.74 Å². The number of aryl methyl sites for hydroxylation is 1. The van der Waals surface area contributed by atoms with Gasteiger partial charge in [0.1, 0.15) is 0 Å². The van der Waals surface area contributed by atoms with Gasteiger partial charge in [-0.3, -0.25) is 0 Å². The molecule has 1 aliphatic heterocycles. The molecule has 0 aliphatic carbocycles. The lowest BCUT2D eigenvalue weighted by Crippen LogP contribution is -2.21. The zero-order valence-corrected chi connectivity index (χ0v) is 7.83. The monoisotopic (exact) mass is 176 g/mol. The Morgan fingerprint density at radius 1 is 1.46 bits per heavy atom. The third-order valence-corrected chi connectivity index (χ3v) is 2.50. The Kier molecular flexibility index (Phi) is 1.83. The normalized spacial score (nSPS) is 20.8. The van der Waals surface area contributed by atoms with E-state index in [1.807, 2.05) is 25.1 Å². The lowest BCUT2D eigenvalue weighted by molar-refractivity contribution is 0.0448. The third-order valence-electron chi connectivity index (χ3n) is 2.50. The highest BCUT2D eigenvalue weighted by Crippen LogP contribution is 2.28. The van der Waals surface area contributed by atoms with Crippen molar-refractivity contribution in [3.63, 3.8) is 0 Å². The van der Waals surface area contributed by atoms with Gasteiger partial charge in [0.15, 0.2) is 0 Å². The molecule has 0 N–H and O–H groups in total. The quantitative estimate of drug-likeness (QED) is 0.567. The van der Waals surface area contributed by atoms with Crippen molar-refractivity contribution in [2.75, 3.05) is 6.61 Å². The number of carbonyl (C=O) groups excluding carboxylic acids is 1. The number of benzene rings is 1. The number of rotatable bonds is 0. The van der Waals surface area contributed by atoms with Crippen LogP contribution in [0.1, 0.15) is 34.3 Å². The van der Waals surface area contributed by atoms with Gasteiger partial charge in [0.05, 0.1) is 12.2 Å². The molecular weight excluding hydrogens is 164 g/mol. The highest BCUT2D eigenvalue weighted by atomic mass is 16.5. The van der Waals surface area contributed by atoms with Crippen molar-refractivity contribution in [1.82, 2.24) is 0 Å². The molecule has 1 aromatic carbocycles. The van der Waals surface area contributed by atoms with Crippen molar-refractivity contribution in [3.05, 3.63) is 34.9 Å². The number of hydrogen-bond donors (Lipinski definition) is 0. The van der Waals surface area contributed by atoms with Crippen molar-refractivity contribution in [2.24, 2.45) is 0 Å². The molecule has 13 heavy (non-hydrogen) atoms. The van der Waals surface area contributed by atoms with Crippen LogP contribution in [0.25, 0.3) is 0 Å². The third kappa shape index (κ3) is 1.22. The summed E-state index contributed by atoms with van der Waals surface area (Å²) in [6, 6.07) is 5.77. The lowest BCUT2D eigenvalue weighted by atomic mass is 9.90. The van der Waals surface area contributed by atoms with E-state index in [1.54, 1.807) is 0 Å². The number of carbonyl (C=O) groups is 1. The van der Waals surface area contributed by atoms with Crippen LogP contribution in [0.15, 0.2) is 18.2 Å². The van der Waals surface area contributed by atoms with Crippen molar-refractivity contribution < 1.29 is 9.53 Å². The van der Waals surface area contributed by atoms with Crippen LogP contribution in [-0.4, -0.2) is 12.6 Å². The number of cyclic esters (lactones) is 1. The maximum atomic E-state index is 11.4. The van der Waals surface area contributed by atoms with Gasteiger partial charge in [-0.2, -0.15) is 0 Å². The van der Waals surface area contributed by atoms with E-state index >= 15 is 0 Å². The van der Waals surface area contributed by atoms with Crippen LogP contribution in [-0.2, 0) is 4.74 Å². The fraction of sp³-hybridized carbons (Fsp3) is 0.364. The molecule has 2 nitrogen and oxygen atoms in total. The van der Waals surface area contributed by atoms with E-state index in [0.717, 1.165) is 11.1 Å². The Balaban J connectivity index is 2.63. The van der Waals surface area contributed by atoms with Gasteiger partial charge in [-0.05, 0) is 24.1 Å². The Morgan fingerprint density at radius 2 is 2.23 bits per heavy atom. The molecule has 0 amide bonds. The second-order valence-electron chi connectivity index (χ2n) is 3.54. The number of esters is 1. The maximum Gasteiger partial charge on any atom is 0.338 e. The average Bonchev–Trinajstić information content (AvgIpc) is 2.12. The fourth-order valence-corrected chi connectivity index (χ4v) is 1.87. The van der Waals surface area contributed by atoms with Crippen molar-refractivity contribution >= 4 is 5.97 Å². The molecule has 2 rings (SSSR count). The second kappa shape index (κ2) is 2.87. The maximum absolute atomic E-state index is 11.4. The summed E-state index contributed by atoms with van der Waals surface area (Å²) in [5.41, 5.74) is 3.07. The van der Waals surface area contributed by atoms with Crippen molar-refractivity contribution in [3.8, 4) is 0 Å². The molecule has 1 atom stereocenters. The van der Waals surface area contributed by atoms with E-state index in [9.17, 15) is 4.79 Å². The molecular formula is C11H12O2. The van der Waals surface area contributed by atoms with Crippen molar-refractivity contribution in [1.29, 1.82) is 0 Å². The zero-order valence-electron chi connectivity index (χ0n) is 7.83. The smallest absolute Gasteiger partial charge is 0.338 e. The summed E-state index contributed by atoms with van der Waals surface area (Å²) in [5.74, 6) is 0.144. The van der Waals surface area contributed by atoms with Crippen molar-refractivity contribution in [2.45, 2.75) is 19.8 Å². The van der Waals surface area contributed by atoms with Crippen LogP contribution in [0.2, 0.25) is 0 Å². The minimum absolute atomic E-state index is 0.184. The summed E-state index contributed by atoms with van der Waals surface area (Å²) >= 11 is 0. The van der Waals surface area contributed by atoms with Gasteiger partial charge < -0.3 is 4.74 Å². The Hall–Kier alpha value is -1.31. The highest BCUT2D eigenvalue weighted by molar-refractivity contribution is 5.92. The van der Waals surface area contributed by atoms with Gasteiger partial charge in [0.25, 0.3) is 0 Å². The molecule has 0 radical (unpaired) electrons. The molecule has 68 valence electrons. The van der Waals surface area contributed by atoms with Crippen LogP contribution in [0, 0.1) is 6.92 Å². The first-order chi connectivity index (χ1) is 6.20. The first-order valence-electron chi connectivity index (χ1n) is 4.47. The molecule has 0 saturated heterocycles. The molecule has 1 aliphatic rings. The molecule has 1 aromatic rings. The van der Waals surface area contributed by atoms with Crippen LogP contribution in [0.5, 0.6) is 0 Å². The molecule has 0 aromatic heterocycles. The Morgan fingerprint density at radius 3 is 2.92 bits per heavy atom. The predicted molar refractivity (Wildman–Crippen MR) is 49.9 cm³/mol. The SMILES string of the molecule is Cc1cccc2c1C(C)COC2=O. The summed E-state index contributed by atoms with van der Waals surface area (Å²) in [5, 5.41) is 0. The lowest BCUT2D eigenvalue weighted by Gasteiger charge is -2.23. The topological polar surface area (TPSA) is 26.3 Å². The van der Waals surface area contributed by atoms with Gasteiger partial charge in [0, 0.05) is 5.92 Å². The number of ether oxygens (including phenoxy) is 1. The molecule has 2 heteroatoms. The summed E-state index contributed by atoms with van der Waals surface area (Å²) in [7, 11) is 0. The van der Waals surface area contributed by atoms with E-state index in [2.05, 4.69) is 6.92 Å². The summed E-state index contributed by atoms with van der Waals surface area (Å²) in [6.45, 7) is 4.63. The van der Waals surface area contributed by atoms with Gasteiger partial charge in [-0.15, -0.1) is 0 Å². The standard InChI is InChI=1S/C11H12O2/c1-7-4-3-5-9-10(7)8(2)6-13-11(9)12/h3-5,8H,6H2,1-2H3. The summed E-state index contributed by atoms with van der Waals surface area (Å²) in [4.78, 5) is 11.4. The fourth-order valence-electron chi connectivity index (χ4n) is 1.87. The molecule has 0 saturated carbocycles. The van der Waals surface area contributed by atoms with Crippen LogP contribution in [0.3, 0.4) is 0 Å². The second-order valence-corrected chi connectivity index (χ2v) is 3.54. The predicted octanol–water partition coefficient (Wildman–Crippen LogP) is 2.27. The minimum Gasteiger partial charge on any atom is -0.461 e. The molecule has 1 unspecified atom stereocenters. The van der Waals surface area contributed by atoms with E-state index in [0.29, 0.717) is 12.5 Å². The number of fused-ring (bicyclic) bond motifs is 1. The highest BCUT2D eigenvalue weighted by Gasteiger charge is 2.24. The Labute approximate surface area is 77.5 Å². The first-order valence-corrected chi connectivity index (χ1v) is 4.47. The van der Waals surface area contributed by atoms with E-state index < -0.39 is 0 Å². The summed E-state index contributed by atoms with van der Waals surface area (Å²) < 4.78 is 5.03. The largest absolute Gasteiger partial charge is 0.461 e. The Bertz CT molecular complexity index is 355. The molecule has 0 bridgehead atoms. The van der Waals surface area contributed by atoms with Gasteiger partial charge in [0.2, 0.25) is 0 Å². The van der Waals surface area contributed by atoms with Crippen LogP contribution >= 0.6 is 0 Å². The van der Waals surface area contributed by atoms with Gasteiger partial charge in [-0.1, -0.05) is 19.1 Å². The summed E-state index contributed by atoms with van der Waals surface area (Å²) in [6.07, 6.45) is 0. The zero-order chi connectivity index (χ0) is 9.42. The van der Waals surface area contributed by atoms with Gasteiger partial charge >= 0.3 is 5.97 Å². The minimum atomic E-state index is -0.184. The van der Waals surface area contributed by atoms with Crippen LogP contribution in [0.4, 0.5) is 0 Å². The molecule has 0 fully saturated rings. The van der Waals surface area contributed by atoms with E-state index in [-0.39, 0.29) is 5.97 Å². The van der Waals surface area contributed by atoms with Crippen LogP contribution < -0.4 is 0 Å². The molecule has 0 spiro atoms. The molecule has 1 heterocycles.